The average molecular weight is 371 g/mol. The Morgan fingerprint density at radius 2 is 1.89 bits per heavy atom. The molecule has 0 fully saturated rings. The van der Waals surface area contributed by atoms with Crippen LogP contribution in [0.3, 0.4) is 0 Å². The number of aliphatic carboxylic acids is 1. The minimum absolute atomic E-state index is 0.131. The van der Waals surface area contributed by atoms with Gasteiger partial charge in [-0.1, -0.05) is 35.5 Å². The molecular formula is C19H21N3O5. The number of pyridine rings is 1. The van der Waals surface area contributed by atoms with Crippen molar-refractivity contribution in [3.05, 3.63) is 59.8 Å². The highest BCUT2D eigenvalue weighted by Gasteiger charge is 2.18. The Balaban J connectivity index is 2.11. The van der Waals surface area contributed by atoms with Crippen LogP contribution in [-0.4, -0.2) is 33.5 Å². The van der Waals surface area contributed by atoms with Crippen LogP contribution >= 0.6 is 0 Å². The van der Waals surface area contributed by atoms with Crippen LogP contribution < -0.4 is 5.32 Å². The molecule has 2 rings (SSSR count). The SMILES string of the molecule is CC(C)(C)OC(=O)Nc1cc(/C(=N/OCc2ccccc2)C(=O)O)ccn1. The zero-order valence-corrected chi connectivity index (χ0v) is 15.3. The van der Waals surface area contributed by atoms with Crippen molar-refractivity contribution in [1.29, 1.82) is 0 Å². The molecule has 1 amide bonds. The second-order valence-electron chi connectivity index (χ2n) is 6.56. The first-order valence-electron chi connectivity index (χ1n) is 8.18. The largest absolute Gasteiger partial charge is 0.476 e. The zero-order chi connectivity index (χ0) is 19.9. The van der Waals surface area contributed by atoms with Gasteiger partial charge in [-0.15, -0.1) is 0 Å². The Morgan fingerprint density at radius 1 is 1.19 bits per heavy atom. The molecule has 2 N–H and O–H groups in total. The monoisotopic (exact) mass is 371 g/mol. The lowest BCUT2D eigenvalue weighted by Gasteiger charge is -2.19. The van der Waals surface area contributed by atoms with Gasteiger partial charge in [0.1, 0.15) is 18.0 Å². The number of aromatic nitrogens is 1. The predicted octanol–water partition coefficient (Wildman–Crippen LogP) is 3.43. The molecule has 0 spiro atoms. The molecule has 1 aromatic heterocycles. The molecule has 0 unspecified atom stereocenters. The fourth-order valence-corrected chi connectivity index (χ4v) is 2.02. The quantitative estimate of drug-likeness (QED) is 0.594. The van der Waals surface area contributed by atoms with E-state index in [-0.39, 0.29) is 23.7 Å². The summed E-state index contributed by atoms with van der Waals surface area (Å²) in [5, 5.41) is 15.6. The van der Waals surface area contributed by atoms with Gasteiger partial charge in [-0.25, -0.2) is 14.6 Å². The van der Waals surface area contributed by atoms with Gasteiger partial charge >= 0.3 is 12.1 Å². The lowest BCUT2D eigenvalue weighted by molar-refractivity contribution is -0.129. The lowest BCUT2D eigenvalue weighted by Crippen LogP contribution is -2.27. The molecule has 0 aliphatic heterocycles. The number of hydrogen-bond donors (Lipinski definition) is 2. The number of amides is 1. The van der Waals surface area contributed by atoms with Crippen molar-refractivity contribution in [1.82, 2.24) is 4.98 Å². The van der Waals surface area contributed by atoms with Crippen molar-refractivity contribution in [2.75, 3.05) is 5.32 Å². The van der Waals surface area contributed by atoms with E-state index in [9.17, 15) is 14.7 Å². The van der Waals surface area contributed by atoms with Gasteiger partial charge in [0.05, 0.1) is 0 Å². The van der Waals surface area contributed by atoms with E-state index < -0.39 is 17.7 Å². The van der Waals surface area contributed by atoms with Crippen LogP contribution in [0.15, 0.2) is 53.8 Å². The summed E-state index contributed by atoms with van der Waals surface area (Å²) in [7, 11) is 0. The third-order valence-corrected chi connectivity index (χ3v) is 3.09. The van der Waals surface area contributed by atoms with Crippen LogP contribution in [0.4, 0.5) is 10.6 Å². The molecule has 0 atom stereocenters. The molecule has 142 valence electrons. The fraction of sp³-hybridized carbons (Fsp3) is 0.263. The average Bonchev–Trinajstić information content (AvgIpc) is 2.58. The van der Waals surface area contributed by atoms with Crippen molar-refractivity contribution < 1.29 is 24.3 Å². The maximum atomic E-state index is 11.8. The van der Waals surface area contributed by atoms with Gasteiger partial charge in [-0.05, 0) is 38.5 Å². The minimum Gasteiger partial charge on any atom is -0.476 e. The number of carbonyl (C=O) groups excluding carboxylic acids is 1. The summed E-state index contributed by atoms with van der Waals surface area (Å²) >= 11 is 0. The van der Waals surface area contributed by atoms with Crippen LogP contribution in [0, 0.1) is 0 Å². The Hall–Kier alpha value is -3.42. The number of hydrogen-bond acceptors (Lipinski definition) is 6. The van der Waals surface area contributed by atoms with E-state index in [1.54, 1.807) is 20.8 Å². The van der Waals surface area contributed by atoms with Gasteiger partial charge in [0.25, 0.3) is 0 Å². The summed E-state index contributed by atoms with van der Waals surface area (Å²) in [6.07, 6.45) is 0.666. The van der Waals surface area contributed by atoms with Crippen LogP contribution in [0.5, 0.6) is 0 Å². The number of carboxylic acid groups (broad SMARTS) is 1. The standard InChI is InChI=1S/C19H21N3O5/c1-19(2,3)27-18(25)21-15-11-14(9-10-20-15)16(17(23)24)22-26-12-13-7-5-4-6-8-13/h4-11H,12H2,1-3H3,(H,23,24)(H,20,21,25)/b22-16-. The van der Waals surface area contributed by atoms with Crippen LogP contribution in [0.25, 0.3) is 0 Å². The normalized spacial score (nSPS) is 11.6. The van der Waals surface area contributed by atoms with E-state index in [1.807, 2.05) is 30.3 Å². The van der Waals surface area contributed by atoms with E-state index in [0.717, 1.165) is 5.56 Å². The molecule has 0 saturated heterocycles. The Bertz CT molecular complexity index is 829. The Morgan fingerprint density at radius 3 is 2.52 bits per heavy atom. The Kier molecular flexibility index (Phi) is 6.48. The molecule has 0 radical (unpaired) electrons. The topological polar surface area (TPSA) is 110 Å². The zero-order valence-electron chi connectivity index (χ0n) is 15.3. The van der Waals surface area contributed by atoms with Crippen molar-refractivity contribution in [3.8, 4) is 0 Å². The van der Waals surface area contributed by atoms with Gasteiger partial charge < -0.3 is 14.7 Å². The summed E-state index contributed by atoms with van der Waals surface area (Å²) in [5.74, 6) is -1.13. The van der Waals surface area contributed by atoms with E-state index in [1.165, 1.54) is 18.3 Å². The van der Waals surface area contributed by atoms with E-state index in [0.29, 0.717) is 0 Å². The van der Waals surface area contributed by atoms with Crippen molar-refractivity contribution in [2.45, 2.75) is 33.0 Å². The molecule has 0 saturated carbocycles. The predicted molar refractivity (Wildman–Crippen MR) is 99.5 cm³/mol. The van der Waals surface area contributed by atoms with E-state index in [2.05, 4.69) is 15.5 Å². The number of carboxylic acids is 1. The molecule has 0 aliphatic carbocycles. The van der Waals surface area contributed by atoms with Crippen molar-refractivity contribution >= 4 is 23.6 Å². The first-order valence-corrected chi connectivity index (χ1v) is 8.18. The highest BCUT2D eigenvalue weighted by molar-refractivity contribution is 6.42. The first-order chi connectivity index (χ1) is 12.7. The van der Waals surface area contributed by atoms with E-state index in [4.69, 9.17) is 9.57 Å². The minimum atomic E-state index is -1.27. The number of anilines is 1. The number of oxime groups is 1. The molecule has 8 nitrogen and oxygen atoms in total. The van der Waals surface area contributed by atoms with Crippen LogP contribution in [-0.2, 0) is 21.0 Å². The molecule has 2 aromatic rings. The van der Waals surface area contributed by atoms with Gasteiger partial charge in [0.2, 0.25) is 0 Å². The maximum Gasteiger partial charge on any atom is 0.413 e. The Labute approximate surface area is 156 Å². The van der Waals surface area contributed by atoms with Gasteiger partial charge in [-0.3, -0.25) is 5.32 Å². The number of carbonyl (C=O) groups is 2. The summed E-state index contributed by atoms with van der Waals surface area (Å²) in [4.78, 5) is 32.5. The van der Waals surface area contributed by atoms with E-state index >= 15 is 0 Å². The smallest absolute Gasteiger partial charge is 0.413 e. The molecule has 1 heterocycles. The molecule has 0 bridgehead atoms. The molecule has 8 heteroatoms. The first kappa shape index (κ1) is 19.9. The fourth-order valence-electron chi connectivity index (χ4n) is 2.02. The molecule has 27 heavy (non-hydrogen) atoms. The third-order valence-electron chi connectivity index (χ3n) is 3.09. The number of nitrogens with zero attached hydrogens (tertiary/aromatic N) is 2. The van der Waals surface area contributed by atoms with Crippen molar-refractivity contribution in [2.24, 2.45) is 5.16 Å². The number of nitrogens with one attached hydrogen (secondary N) is 1. The highest BCUT2D eigenvalue weighted by atomic mass is 16.6. The highest BCUT2D eigenvalue weighted by Crippen LogP contribution is 2.13. The summed E-state index contributed by atoms with van der Waals surface area (Å²) in [5.41, 5.74) is 0.117. The maximum absolute atomic E-state index is 11.8. The van der Waals surface area contributed by atoms with Gasteiger partial charge in [0.15, 0.2) is 5.71 Å². The third kappa shape index (κ3) is 6.77. The lowest BCUT2D eigenvalue weighted by atomic mass is 10.1. The summed E-state index contributed by atoms with van der Waals surface area (Å²) < 4.78 is 5.14. The molecule has 1 aromatic carbocycles. The van der Waals surface area contributed by atoms with Crippen LogP contribution in [0.1, 0.15) is 31.9 Å². The summed E-state index contributed by atoms with van der Waals surface area (Å²) in [6, 6.07) is 12.1. The second kappa shape index (κ2) is 8.79. The number of ether oxygens (including phenoxy) is 1. The number of benzene rings is 1. The summed E-state index contributed by atoms with van der Waals surface area (Å²) in [6.45, 7) is 5.33. The molecular weight excluding hydrogens is 350 g/mol. The van der Waals surface area contributed by atoms with Crippen molar-refractivity contribution in [3.63, 3.8) is 0 Å². The number of rotatable bonds is 6. The molecule has 0 aliphatic rings. The van der Waals surface area contributed by atoms with Gasteiger partial charge in [0, 0.05) is 11.8 Å². The van der Waals surface area contributed by atoms with Gasteiger partial charge in [-0.2, -0.15) is 0 Å². The van der Waals surface area contributed by atoms with Crippen LogP contribution in [0.2, 0.25) is 0 Å². The second-order valence-corrected chi connectivity index (χ2v) is 6.56.